The Morgan fingerprint density at radius 1 is 0.682 bits per heavy atom. The minimum absolute atomic E-state index is 0.0646. The molecule has 4 aliphatic rings. The first kappa shape index (κ1) is 16.2. The summed E-state index contributed by atoms with van der Waals surface area (Å²) in [7, 11) is -0.129. The first-order valence-electron chi connectivity index (χ1n) is 8.29. The number of hydrogen-bond acceptors (Lipinski definition) is 4. The Labute approximate surface area is 136 Å². The molecule has 3 unspecified atom stereocenters. The van der Waals surface area contributed by atoms with Crippen LogP contribution in [0.4, 0.5) is 0 Å². The number of fused-ring (bicyclic) bond motifs is 2. The number of ether oxygens (including phenoxy) is 4. The summed E-state index contributed by atoms with van der Waals surface area (Å²) < 4.78 is 24.9. The van der Waals surface area contributed by atoms with Crippen LogP contribution in [-0.2, 0) is 18.9 Å². The zero-order valence-electron chi connectivity index (χ0n) is 14.4. The molecule has 0 aliphatic carbocycles. The molecule has 0 aromatic heterocycles. The Kier molecular flexibility index (Phi) is 3.75. The van der Waals surface area contributed by atoms with Gasteiger partial charge >= 0.3 is 0 Å². The smallest absolute Gasteiger partial charge is 0.163 e. The molecule has 6 heteroatoms. The third-order valence-electron chi connectivity index (χ3n) is 5.42. The molecule has 0 aromatic rings. The molecule has 4 fully saturated rings. The second kappa shape index (κ2) is 5.10. The van der Waals surface area contributed by atoms with E-state index in [0.29, 0.717) is 11.3 Å². The quantitative estimate of drug-likeness (QED) is 0.684. The predicted molar refractivity (Wildman–Crippen MR) is 90.6 cm³/mol. The monoisotopic (exact) mass is 346 g/mol. The Morgan fingerprint density at radius 3 is 1.41 bits per heavy atom. The van der Waals surface area contributed by atoms with E-state index in [1.807, 2.05) is 27.7 Å². The van der Waals surface area contributed by atoms with Crippen LogP contribution >= 0.6 is 15.8 Å². The number of rotatable bonds is 1. The van der Waals surface area contributed by atoms with Crippen molar-refractivity contribution in [2.45, 2.75) is 75.0 Å². The van der Waals surface area contributed by atoms with Crippen LogP contribution in [0, 0.1) is 0 Å². The minimum atomic E-state index is -0.426. The van der Waals surface area contributed by atoms with E-state index in [9.17, 15) is 0 Å². The van der Waals surface area contributed by atoms with Crippen LogP contribution in [0.1, 0.15) is 27.7 Å². The van der Waals surface area contributed by atoms with Gasteiger partial charge in [-0.25, -0.2) is 0 Å². The molecule has 0 saturated carbocycles. The van der Waals surface area contributed by atoms with Crippen molar-refractivity contribution in [3.63, 3.8) is 0 Å². The molecule has 0 amide bonds. The van der Waals surface area contributed by atoms with Gasteiger partial charge in [-0.1, -0.05) is 0 Å². The lowest BCUT2D eigenvalue weighted by Gasteiger charge is -2.35. The van der Waals surface area contributed by atoms with Gasteiger partial charge in [0, 0.05) is 11.3 Å². The average molecular weight is 346 g/mol. The molecule has 4 saturated heterocycles. The molecule has 8 atom stereocenters. The highest BCUT2D eigenvalue weighted by atomic mass is 31.1. The summed E-state index contributed by atoms with van der Waals surface area (Å²) in [6.07, 6.45) is 3.44. The summed E-state index contributed by atoms with van der Waals surface area (Å²) in [5, 5.41) is 0. The van der Waals surface area contributed by atoms with Crippen molar-refractivity contribution in [1.29, 1.82) is 0 Å². The van der Waals surface area contributed by atoms with Crippen molar-refractivity contribution in [2.24, 2.45) is 0 Å². The molecule has 0 N–H and O–H groups in total. The van der Waals surface area contributed by atoms with E-state index >= 15 is 0 Å². The van der Waals surface area contributed by atoms with Crippen molar-refractivity contribution >= 4 is 15.8 Å². The molecule has 4 aliphatic heterocycles. The fraction of sp³-hybridized carbons (Fsp3) is 1.00. The fourth-order valence-electron chi connectivity index (χ4n) is 4.81. The Morgan fingerprint density at radius 2 is 1.05 bits per heavy atom. The normalized spacial score (nSPS) is 55.4. The van der Waals surface area contributed by atoms with E-state index in [1.165, 1.54) is 12.3 Å². The van der Waals surface area contributed by atoms with E-state index < -0.39 is 11.6 Å². The SMILES string of the molecule is CP1C[C@H]2OC(C)(C)O[C@@H]2C1[C@H]1[C@H]2OC(C)(C)O[C@@H]2CP1C. The van der Waals surface area contributed by atoms with Crippen LogP contribution in [0.25, 0.3) is 0 Å². The van der Waals surface area contributed by atoms with Crippen LogP contribution in [0.3, 0.4) is 0 Å². The first-order valence-corrected chi connectivity index (χ1v) is 12.4. The van der Waals surface area contributed by atoms with Crippen LogP contribution in [-0.4, -0.2) is 73.0 Å². The van der Waals surface area contributed by atoms with E-state index in [2.05, 4.69) is 13.3 Å². The Hall–Kier alpha value is 0.700. The lowest BCUT2D eigenvalue weighted by molar-refractivity contribution is -0.151. The standard InChI is InChI=1S/C16H28O4P2/c1-15(2)17-9-7-21(5)13(11(9)19-15)14-12-10(8-22(14)6)18-16(3,4)20-12/h9-14H,7-8H2,1-6H3/t9-,10-,11+,12+,13-,14?,21?,22?/m1/s1. The predicted octanol–water partition coefficient (Wildman–Crippen LogP) is 3.01. The highest BCUT2D eigenvalue weighted by molar-refractivity contribution is 7.62. The number of hydrogen-bond donors (Lipinski definition) is 0. The lowest BCUT2D eigenvalue weighted by atomic mass is 10.0. The van der Waals surface area contributed by atoms with Crippen LogP contribution in [0.5, 0.6) is 0 Å². The van der Waals surface area contributed by atoms with Crippen LogP contribution < -0.4 is 0 Å². The maximum absolute atomic E-state index is 6.32. The largest absolute Gasteiger partial charge is 0.344 e. The van der Waals surface area contributed by atoms with Crippen LogP contribution in [0.15, 0.2) is 0 Å². The van der Waals surface area contributed by atoms with Gasteiger partial charge in [0.2, 0.25) is 0 Å². The van der Waals surface area contributed by atoms with Crippen molar-refractivity contribution in [1.82, 2.24) is 0 Å². The molecule has 4 rings (SSSR count). The molecule has 4 heterocycles. The highest BCUT2D eigenvalue weighted by Crippen LogP contribution is 2.64. The molecule has 126 valence electrons. The third-order valence-corrected chi connectivity index (χ3v) is 10.8. The fourth-order valence-corrected chi connectivity index (χ4v) is 11.3. The van der Waals surface area contributed by atoms with E-state index in [-0.39, 0.29) is 40.3 Å². The van der Waals surface area contributed by atoms with Crippen molar-refractivity contribution < 1.29 is 18.9 Å². The van der Waals surface area contributed by atoms with Gasteiger partial charge in [-0.2, -0.15) is 0 Å². The zero-order chi connectivity index (χ0) is 15.9. The zero-order valence-corrected chi connectivity index (χ0v) is 16.2. The van der Waals surface area contributed by atoms with E-state index in [0.717, 1.165) is 0 Å². The van der Waals surface area contributed by atoms with Gasteiger partial charge in [-0.3, -0.25) is 0 Å². The van der Waals surface area contributed by atoms with Crippen molar-refractivity contribution in [2.75, 3.05) is 25.7 Å². The average Bonchev–Trinajstić information content (AvgIpc) is 2.96. The topological polar surface area (TPSA) is 36.9 Å². The summed E-state index contributed by atoms with van der Waals surface area (Å²) in [4.78, 5) is 0. The maximum Gasteiger partial charge on any atom is 0.163 e. The molecule has 22 heavy (non-hydrogen) atoms. The van der Waals surface area contributed by atoms with Crippen molar-refractivity contribution in [3.8, 4) is 0 Å². The minimum Gasteiger partial charge on any atom is -0.344 e. The Balaban J connectivity index is 1.60. The molecule has 0 aromatic carbocycles. The molecular weight excluding hydrogens is 318 g/mol. The summed E-state index contributed by atoms with van der Waals surface area (Å²) in [6.45, 7) is 13.0. The van der Waals surface area contributed by atoms with Gasteiger partial charge in [-0.15, -0.1) is 15.8 Å². The van der Waals surface area contributed by atoms with Crippen LogP contribution in [0.2, 0.25) is 0 Å². The summed E-state index contributed by atoms with van der Waals surface area (Å²) in [5.74, 6) is -0.851. The lowest BCUT2D eigenvalue weighted by Crippen LogP contribution is -2.42. The van der Waals surface area contributed by atoms with Gasteiger partial charge in [0.05, 0.1) is 24.4 Å². The van der Waals surface area contributed by atoms with E-state index in [1.54, 1.807) is 0 Å². The van der Waals surface area contributed by atoms with E-state index in [4.69, 9.17) is 18.9 Å². The molecule has 0 spiro atoms. The summed E-state index contributed by atoms with van der Waals surface area (Å²) in [6, 6.07) is 0. The molecule has 4 nitrogen and oxygen atoms in total. The first-order chi connectivity index (χ1) is 10.2. The molecular formula is C16H28O4P2. The van der Waals surface area contributed by atoms with Gasteiger partial charge in [0.1, 0.15) is 0 Å². The van der Waals surface area contributed by atoms with Gasteiger partial charge in [0.25, 0.3) is 0 Å². The second-order valence-corrected chi connectivity index (χ2v) is 13.1. The molecule has 0 bridgehead atoms. The Bertz CT molecular complexity index is 427. The van der Waals surface area contributed by atoms with Gasteiger partial charge < -0.3 is 18.9 Å². The second-order valence-electron chi connectivity index (χ2n) is 8.14. The van der Waals surface area contributed by atoms with Crippen molar-refractivity contribution in [3.05, 3.63) is 0 Å². The summed E-state index contributed by atoms with van der Waals surface area (Å²) >= 11 is 0. The molecule has 0 radical (unpaired) electrons. The van der Waals surface area contributed by atoms with Gasteiger partial charge in [-0.05, 0) is 53.3 Å². The van der Waals surface area contributed by atoms with Gasteiger partial charge in [0.15, 0.2) is 11.6 Å². The highest BCUT2D eigenvalue weighted by Gasteiger charge is 2.61. The third kappa shape index (κ3) is 2.50. The summed E-state index contributed by atoms with van der Waals surface area (Å²) in [5.41, 5.74) is 1.20. The maximum atomic E-state index is 6.32.